The number of rotatable bonds is 3. The zero-order chi connectivity index (χ0) is 18.0. The van der Waals surface area contributed by atoms with E-state index in [1.54, 1.807) is 40.4 Å². The highest BCUT2D eigenvalue weighted by Gasteiger charge is 2.27. The summed E-state index contributed by atoms with van der Waals surface area (Å²) in [4.78, 5) is 31.5. The molecule has 1 aliphatic rings. The molecule has 1 aliphatic heterocycles. The average Bonchev–Trinajstić information content (AvgIpc) is 3.17. The molecule has 0 unspecified atom stereocenters. The van der Waals surface area contributed by atoms with Crippen LogP contribution >= 0.6 is 11.6 Å². The number of ether oxygens (including phenoxy) is 1. The van der Waals surface area contributed by atoms with Crippen molar-refractivity contribution in [3.63, 3.8) is 0 Å². The molecule has 6 nitrogen and oxygen atoms in total. The van der Waals surface area contributed by atoms with E-state index in [0.717, 1.165) is 5.56 Å². The maximum absolute atomic E-state index is 12.8. The van der Waals surface area contributed by atoms with Gasteiger partial charge in [0.1, 0.15) is 5.75 Å². The van der Waals surface area contributed by atoms with Gasteiger partial charge >= 0.3 is 0 Å². The molecule has 2 aromatic rings. The van der Waals surface area contributed by atoms with Gasteiger partial charge in [0.25, 0.3) is 11.8 Å². The van der Waals surface area contributed by atoms with Crippen molar-refractivity contribution in [1.82, 2.24) is 14.8 Å². The summed E-state index contributed by atoms with van der Waals surface area (Å²) in [6, 6.07) is 5.16. The first kappa shape index (κ1) is 17.4. The van der Waals surface area contributed by atoms with E-state index in [2.05, 4.69) is 4.98 Å². The summed E-state index contributed by atoms with van der Waals surface area (Å²) in [6.07, 6.45) is 3.40. The molecule has 1 saturated heterocycles. The molecule has 7 heteroatoms. The van der Waals surface area contributed by atoms with Crippen molar-refractivity contribution in [2.45, 2.75) is 6.92 Å². The monoisotopic (exact) mass is 361 g/mol. The van der Waals surface area contributed by atoms with Crippen molar-refractivity contribution in [2.75, 3.05) is 33.3 Å². The van der Waals surface area contributed by atoms with Gasteiger partial charge in [-0.15, -0.1) is 0 Å². The quantitative estimate of drug-likeness (QED) is 0.913. The van der Waals surface area contributed by atoms with E-state index in [-0.39, 0.29) is 11.8 Å². The number of nitrogens with zero attached hydrogens (tertiary/aromatic N) is 2. The smallest absolute Gasteiger partial charge is 0.257 e. The summed E-state index contributed by atoms with van der Waals surface area (Å²) in [5.74, 6) is 0.356. The Balaban J connectivity index is 1.70. The molecule has 1 aromatic carbocycles. The Bertz CT molecular complexity index is 781. The van der Waals surface area contributed by atoms with Crippen molar-refractivity contribution < 1.29 is 14.3 Å². The minimum absolute atomic E-state index is 0.0238. The third kappa shape index (κ3) is 3.49. The number of aromatic amines is 1. The topological polar surface area (TPSA) is 65.6 Å². The first-order chi connectivity index (χ1) is 12.0. The van der Waals surface area contributed by atoms with E-state index in [1.807, 2.05) is 6.92 Å². The fourth-order valence-electron chi connectivity index (χ4n) is 2.91. The minimum atomic E-state index is -0.132. The number of halogens is 1. The van der Waals surface area contributed by atoms with Crippen LogP contribution in [0.1, 0.15) is 26.3 Å². The first-order valence-corrected chi connectivity index (χ1v) is 8.44. The summed E-state index contributed by atoms with van der Waals surface area (Å²) in [5.41, 5.74) is 1.94. The predicted molar refractivity (Wildman–Crippen MR) is 95.3 cm³/mol. The Labute approximate surface area is 151 Å². The number of hydrogen-bond acceptors (Lipinski definition) is 3. The van der Waals surface area contributed by atoms with Crippen LogP contribution in [-0.2, 0) is 0 Å². The van der Waals surface area contributed by atoms with Gasteiger partial charge in [0.2, 0.25) is 0 Å². The largest absolute Gasteiger partial charge is 0.496 e. The summed E-state index contributed by atoms with van der Waals surface area (Å²) in [5, 5.41) is 0.533. The Morgan fingerprint density at radius 2 is 1.76 bits per heavy atom. The molecule has 1 fully saturated rings. The number of carbonyl (C=O) groups excluding carboxylic acids is 2. The van der Waals surface area contributed by atoms with Crippen molar-refractivity contribution in [1.29, 1.82) is 0 Å². The van der Waals surface area contributed by atoms with Crippen LogP contribution in [0.3, 0.4) is 0 Å². The average molecular weight is 362 g/mol. The highest BCUT2D eigenvalue weighted by atomic mass is 35.5. The lowest BCUT2D eigenvalue weighted by molar-refractivity contribution is 0.0533. The number of nitrogens with one attached hydrogen (secondary N) is 1. The van der Waals surface area contributed by atoms with Gasteiger partial charge in [-0.05, 0) is 30.7 Å². The third-order valence-corrected chi connectivity index (χ3v) is 4.82. The van der Waals surface area contributed by atoms with Crippen molar-refractivity contribution >= 4 is 23.4 Å². The molecule has 0 radical (unpaired) electrons. The van der Waals surface area contributed by atoms with Crippen LogP contribution in [0, 0.1) is 6.92 Å². The van der Waals surface area contributed by atoms with Crippen LogP contribution < -0.4 is 4.74 Å². The van der Waals surface area contributed by atoms with Crippen molar-refractivity contribution in [3.05, 3.63) is 52.3 Å². The molecule has 0 bridgehead atoms. The van der Waals surface area contributed by atoms with Crippen LogP contribution in [0.5, 0.6) is 5.75 Å². The van der Waals surface area contributed by atoms with E-state index < -0.39 is 0 Å². The molecule has 1 N–H and O–H groups in total. The number of piperazine rings is 1. The molecular weight excluding hydrogens is 342 g/mol. The number of aryl methyl sites for hydroxylation is 1. The number of aromatic nitrogens is 1. The molecular formula is C18H20ClN3O3. The van der Waals surface area contributed by atoms with Gasteiger partial charge in [0.15, 0.2) is 0 Å². The zero-order valence-electron chi connectivity index (χ0n) is 14.2. The first-order valence-electron chi connectivity index (χ1n) is 8.06. The number of methoxy groups -OCH3 is 1. The molecule has 0 saturated carbocycles. The standard InChI is InChI=1S/C18H20ClN3O3/c1-12-9-16(25-2)14(10-15(12)19)18(24)22-7-5-21(6-8-22)17(23)13-3-4-20-11-13/h3-4,9-11,20H,5-8H2,1-2H3. The second-order valence-electron chi connectivity index (χ2n) is 5.99. The molecule has 1 aromatic heterocycles. The Morgan fingerprint density at radius 1 is 1.12 bits per heavy atom. The second kappa shape index (κ2) is 7.19. The highest BCUT2D eigenvalue weighted by Crippen LogP contribution is 2.28. The summed E-state index contributed by atoms with van der Waals surface area (Å²) < 4.78 is 5.33. The summed E-state index contributed by atoms with van der Waals surface area (Å²) in [7, 11) is 1.53. The fourth-order valence-corrected chi connectivity index (χ4v) is 3.08. The van der Waals surface area contributed by atoms with Crippen molar-refractivity contribution in [3.8, 4) is 5.75 Å². The summed E-state index contributed by atoms with van der Waals surface area (Å²) >= 11 is 6.17. The van der Waals surface area contributed by atoms with Gasteiger partial charge in [0.05, 0.1) is 18.2 Å². The maximum atomic E-state index is 12.8. The predicted octanol–water partition coefficient (Wildman–Crippen LogP) is 2.58. The van der Waals surface area contributed by atoms with Gasteiger partial charge < -0.3 is 19.5 Å². The van der Waals surface area contributed by atoms with E-state index >= 15 is 0 Å². The molecule has 132 valence electrons. The van der Waals surface area contributed by atoms with Gasteiger partial charge in [-0.1, -0.05) is 11.6 Å². The lowest BCUT2D eigenvalue weighted by Gasteiger charge is -2.35. The lowest BCUT2D eigenvalue weighted by atomic mass is 10.1. The lowest BCUT2D eigenvalue weighted by Crippen LogP contribution is -2.50. The molecule has 2 amide bonds. The van der Waals surface area contributed by atoms with Crippen LogP contribution in [0.15, 0.2) is 30.6 Å². The van der Waals surface area contributed by atoms with Crippen LogP contribution in [-0.4, -0.2) is 59.9 Å². The van der Waals surface area contributed by atoms with E-state index in [0.29, 0.717) is 48.1 Å². The van der Waals surface area contributed by atoms with Crippen LogP contribution in [0.25, 0.3) is 0 Å². The second-order valence-corrected chi connectivity index (χ2v) is 6.39. The number of hydrogen-bond donors (Lipinski definition) is 1. The minimum Gasteiger partial charge on any atom is -0.496 e. The van der Waals surface area contributed by atoms with E-state index in [9.17, 15) is 9.59 Å². The van der Waals surface area contributed by atoms with Gasteiger partial charge in [-0.3, -0.25) is 9.59 Å². The van der Waals surface area contributed by atoms with Crippen molar-refractivity contribution in [2.24, 2.45) is 0 Å². The Morgan fingerprint density at radius 3 is 2.32 bits per heavy atom. The normalized spacial score (nSPS) is 14.5. The van der Waals surface area contributed by atoms with Crippen LogP contribution in [0.4, 0.5) is 0 Å². The molecule has 2 heterocycles. The molecule has 0 spiro atoms. The fraction of sp³-hybridized carbons (Fsp3) is 0.333. The summed E-state index contributed by atoms with van der Waals surface area (Å²) in [6.45, 7) is 3.81. The number of carbonyl (C=O) groups is 2. The van der Waals surface area contributed by atoms with Gasteiger partial charge in [0, 0.05) is 43.6 Å². The highest BCUT2D eigenvalue weighted by molar-refractivity contribution is 6.31. The third-order valence-electron chi connectivity index (χ3n) is 4.41. The maximum Gasteiger partial charge on any atom is 0.257 e. The Kier molecular flexibility index (Phi) is 4.99. The van der Waals surface area contributed by atoms with Crippen LogP contribution in [0.2, 0.25) is 5.02 Å². The zero-order valence-corrected chi connectivity index (χ0v) is 15.0. The van der Waals surface area contributed by atoms with Gasteiger partial charge in [-0.25, -0.2) is 0 Å². The molecule has 3 rings (SSSR count). The molecule has 0 atom stereocenters. The SMILES string of the molecule is COc1cc(C)c(Cl)cc1C(=O)N1CCN(C(=O)c2cc[nH]c2)CC1. The molecule has 0 aliphatic carbocycles. The number of amides is 2. The number of H-pyrrole nitrogens is 1. The van der Waals surface area contributed by atoms with E-state index in [1.165, 1.54) is 7.11 Å². The van der Waals surface area contributed by atoms with E-state index in [4.69, 9.17) is 16.3 Å². The molecule has 25 heavy (non-hydrogen) atoms. The Hall–Kier alpha value is -2.47. The number of benzene rings is 1. The van der Waals surface area contributed by atoms with Gasteiger partial charge in [-0.2, -0.15) is 0 Å².